The smallest absolute Gasteiger partial charge is 0.407 e. The molecule has 4 aromatic rings. The average Bonchev–Trinajstić information content (AvgIpc) is 3.30. The van der Waals surface area contributed by atoms with Crippen LogP contribution in [0.15, 0.2) is 97.1 Å². The first-order chi connectivity index (χ1) is 20.6. The second-order valence-electron chi connectivity index (χ2n) is 11.3. The van der Waals surface area contributed by atoms with E-state index in [1.54, 1.807) is 12.1 Å². The van der Waals surface area contributed by atoms with E-state index in [0.29, 0.717) is 5.75 Å². The molecule has 0 heterocycles. The maximum atomic E-state index is 13.3. The number of non-ortho nitro benzene ring substituents is 1. The first kappa shape index (κ1) is 29.3. The number of ether oxygens (including phenoxy) is 3. The third kappa shape index (κ3) is 7.19. The SMILES string of the molecule is CC(C)(C)Oc1ccc(C[C@H](NC(=O)OCC2c3ccccc3-c3ccccc32)C(=O)Oc2ccc([N+](=O)[O-])cc2)cc1. The lowest BCUT2D eigenvalue weighted by atomic mass is 9.98. The molecule has 1 N–H and O–H groups in total. The van der Waals surface area contributed by atoms with E-state index < -0.39 is 23.0 Å². The van der Waals surface area contributed by atoms with Crippen molar-refractivity contribution in [3.05, 3.63) is 124 Å². The Morgan fingerprint density at radius 3 is 1.95 bits per heavy atom. The van der Waals surface area contributed by atoms with Crippen LogP contribution in [0.2, 0.25) is 0 Å². The highest BCUT2D eigenvalue weighted by molar-refractivity contribution is 5.83. The summed E-state index contributed by atoms with van der Waals surface area (Å²) in [6.45, 7) is 5.93. The normalized spacial score (nSPS) is 12.9. The summed E-state index contributed by atoms with van der Waals surface area (Å²) in [6.07, 6.45) is -0.647. The molecule has 0 radical (unpaired) electrons. The maximum absolute atomic E-state index is 13.3. The summed E-state index contributed by atoms with van der Waals surface area (Å²) in [7, 11) is 0. The number of rotatable bonds is 9. The fraction of sp³-hybridized carbons (Fsp3) is 0.235. The molecule has 0 bridgehead atoms. The van der Waals surface area contributed by atoms with Gasteiger partial charge < -0.3 is 19.5 Å². The molecule has 1 aliphatic rings. The molecule has 0 unspecified atom stereocenters. The summed E-state index contributed by atoms with van der Waals surface area (Å²) in [6, 6.07) is 27.3. The number of nitrogens with one attached hydrogen (secondary N) is 1. The van der Waals surface area contributed by atoms with E-state index >= 15 is 0 Å². The van der Waals surface area contributed by atoms with Gasteiger partial charge in [-0.25, -0.2) is 9.59 Å². The zero-order chi connectivity index (χ0) is 30.6. The molecule has 1 atom stereocenters. The second-order valence-corrected chi connectivity index (χ2v) is 11.3. The second kappa shape index (κ2) is 12.4. The molecular weight excluding hydrogens is 548 g/mol. The quantitative estimate of drug-likeness (QED) is 0.0998. The highest BCUT2D eigenvalue weighted by atomic mass is 16.6. The van der Waals surface area contributed by atoms with Crippen molar-refractivity contribution in [3.63, 3.8) is 0 Å². The Morgan fingerprint density at radius 2 is 1.40 bits per heavy atom. The summed E-state index contributed by atoms with van der Waals surface area (Å²) in [5.74, 6) is -0.0917. The zero-order valence-electron chi connectivity index (χ0n) is 24.1. The average molecular weight is 581 g/mol. The first-order valence-electron chi connectivity index (χ1n) is 13.9. The predicted molar refractivity (Wildman–Crippen MR) is 161 cm³/mol. The van der Waals surface area contributed by atoms with Crippen molar-refractivity contribution >= 4 is 17.7 Å². The molecule has 1 aliphatic carbocycles. The monoisotopic (exact) mass is 580 g/mol. The van der Waals surface area contributed by atoms with E-state index in [0.717, 1.165) is 27.8 Å². The molecule has 0 spiro atoms. The van der Waals surface area contributed by atoms with Crippen molar-refractivity contribution in [3.8, 4) is 22.6 Å². The van der Waals surface area contributed by atoms with E-state index in [1.807, 2.05) is 69.3 Å². The number of nitro benzene ring substituents is 1. The number of hydrogen-bond acceptors (Lipinski definition) is 7. The molecule has 0 saturated carbocycles. The number of esters is 1. The molecule has 0 aromatic heterocycles. The van der Waals surface area contributed by atoms with Gasteiger partial charge in [0.05, 0.1) is 4.92 Å². The maximum Gasteiger partial charge on any atom is 0.407 e. The van der Waals surface area contributed by atoms with Gasteiger partial charge in [-0.3, -0.25) is 10.1 Å². The van der Waals surface area contributed by atoms with Crippen LogP contribution in [0.25, 0.3) is 11.1 Å². The van der Waals surface area contributed by atoms with E-state index in [9.17, 15) is 19.7 Å². The number of amides is 1. The van der Waals surface area contributed by atoms with Gasteiger partial charge in [0.25, 0.3) is 5.69 Å². The molecule has 9 nitrogen and oxygen atoms in total. The van der Waals surface area contributed by atoms with Crippen LogP contribution in [0.3, 0.4) is 0 Å². The summed E-state index contributed by atoms with van der Waals surface area (Å²) in [5.41, 5.74) is 4.61. The number of hydrogen-bond donors (Lipinski definition) is 1. The summed E-state index contributed by atoms with van der Waals surface area (Å²) in [4.78, 5) is 36.8. The summed E-state index contributed by atoms with van der Waals surface area (Å²) < 4.78 is 17.0. The highest BCUT2D eigenvalue weighted by Gasteiger charge is 2.30. The van der Waals surface area contributed by atoms with Gasteiger partial charge in [0.2, 0.25) is 0 Å². The van der Waals surface area contributed by atoms with E-state index in [2.05, 4.69) is 17.4 Å². The van der Waals surface area contributed by atoms with Crippen LogP contribution >= 0.6 is 0 Å². The van der Waals surface area contributed by atoms with Crippen LogP contribution in [-0.2, 0) is 16.0 Å². The molecule has 4 aromatic carbocycles. The van der Waals surface area contributed by atoms with Crippen LogP contribution in [0, 0.1) is 10.1 Å². The van der Waals surface area contributed by atoms with Crippen LogP contribution in [-0.4, -0.2) is 35.2 Å². The fourth-order valence-electron chi connectivity index (χ4n) is 5.08. The van der Waals surface area contributed by atoms with Crippen molar-refractivity contribution in [1.29, 1.82) is 0 Å². The standard InChI is InChI=1S/C34H32N2O7/c1-34(2,3)43-25-16-12-22(13-17-25)20-31(32(37)42-24-18-14-23(15-19-24)36(39)40)35-33(38)41-21-30-28-10-6-4-8-26(28)27-9-5-7-11-29(27)30/h4-19,30-31H,20-21H2,1-3H3,(H,35,38)/t31-/m0/s1. The van der Waals surface area contributed by atoms with Crippen molar-refractivity contribution in [2.45, 2.75) is 44.8 Å². The van der Waals surface area contributed by atoms with E-state index in [-0.39, 0.29) is 36.0 Å². The molecule has 1 amide bonds. The number of nitrogens with zero attached hydrogens (tertiary/aromatic N) is 1. The topological polar surface area (TPSA) is 117 Å². The summed E-state index contributed by atoms with van der Waals surface area (Å²) >= 11 is 0. The van der Waals surface area contributed by atoms with Gasteiger partial charge in [-0.05, 0) is 72.9 Å². The van der Waals surface area contributed by atoms with E-state index in [1.165, 1.54) is 24.3 Å². The third-order valence-electron chi connectivity index (χ3n) is 6.97. The Hall–Kier alpha value is -5.18. The number of benzene rings is 4. The molecule has 220 valence electrons. The molecule has 43 heavy (non-hydrogen) atoms. The molecule has 0 saturated heterocycles. The minimum absolute atomic E-state index is 0.0861. The Bertz CT molecular complexity index is 1580. The van der Waals surface area contributed by atoms with Gasteiger partial charge in [-0.15, -0.1) is 0 Å². The molecule has 9 heteroatoms. The number of fused-ring (bicyclic) bond motifs is 3. The van der Waals surface area contributed by atoms with Crippen molar-refractivity contribution in [2.75, 3.05) is 6.61 Å². The van der Waals surface area contributed by atoms with Gasteiger partial charge in [-0.1, -0.05) is 60.7 Å². The van der Waals surface area contributed by atoms with Crippen molar-refractivity contribution < 1.29 is 28.7 Å². The lowest BCUT2D eigenvalue weighted by Crippen LogP contribution is -2.45. The van der Waals surface area contributed by atoms with Crippen LogP contribution < -0.4 is 14.8 Å². The summed E-state index contributed by atoms with van der Waals surface area (Å²) in [5, 5.41) is 13.7. The van der Waals surface area contributed by atoms with Gasteiger partial charge in [0.1, 0.15) is 29.7 Å². The third-order valence-corrected chi connectivity index (χ3v) is 6.97. The molecule has 0 aliphatic heterocycles. The minimum Gasteiger partial charge on any atom is -0.488 e. The van der Waals surface area contributed by atoms with Gasteiger partial charge >= 0.3 is 12.1 Å². The van der Waals surface area contributed by atoms with Crippen molar-refractivity contribution in [2.24, 2.45) is 0 Å². The number of alkyl carbamates (subject to hydrolysis) is 1. The minimum atomic E-state index is -1.10. The zero-order valence-corrected chi connectivity index (χ0v) is 24.1. The Balaban J connectivity index is 1.30. The Morgan fingerprint density at radius 1 is 0.837 bits per heavy atom. The Labute approximate surface area is 249 Å². The number of carbonyl (C=O) groups is 2. The number of carbonyl (C=O) groups excluding carboxylic acids is 2. The number of nitro groups is 1. The van der Waals surface area contributed by atoms with Gasteiger partial charge in [0.15, 0.2) is 0 Å². The molecule has 5 rings (SSSR count). The largest absolute Gasteiger partial charge is 0.488 e. The molecule has 0 fully saturated rings. The highest BCUT2D eigenvalue weighted by Crippen LogP contribution is 2.44. The first-order valence-corrected chi connectivity index (χ1v) is 13.9. The van der Waals surface area contributed by atoms with Crippen LogP contribution in [0.5, 0.6) is 11.5 Å². The Kier molecular flexibility index (Phi) is 8.43. The lowest BCUT2D eigenvalue weighted by molar-refractivity contribution is -0.384. The van der Waals surface area contributed by atoms with Gasteiger partial charge in [-0.2, -0.15) is 0 Å². The van der Waals surface area contributed by atoms with E-state index in [4.69, 9.17) is 14.2 Å². The fourth-order valence-corrected chi connectivity index (χ4v) is 5.08. The van der Waals surface area contributed by atoms with Crippen LogP contribution in [0.4, 0.5) is 10.5 Å². The lowest BCUT2D eigenvalue weighted by Gasteiger charge is -2.22. The molecular formula is C34H32N2O7. The van der Waals surface area contributed by atoms with Crippen molar-refractivity contribution in [1.82, 2.24) is 5.32 Å². The van der Waals surface area contributed by atoms with Gasteiger partial charge in [0, 0.05) is 24.5 Å². The van der Waals surface area contributed by atoms with Crippen LogP contribution in [0.1, 0.15) is 43.4 Å². The predicted octanol–water partition coefficient (Wildman–Crippen LogP) is 6.83.